The zero-order chi connectivity index (χ0) is 16.1. The van der Waals surface area contributed by atoms with Crippen molar-refractivity contribution >= 4 is 18.4 Å². The molecule has 2 atom stereocenters. The van der Waals surface area contributed by atoms with Crippen molar-refractivity contribution in [1.82, 2.24) is 4.90 Å². The highest BCUT2D eigenvalue weighted by molar-refractivity contribution is 5.89. The number of hydrogen-bond acceptors (Lipinski definition) is 4. The summed E-state index contributed by atoms with van der Waals surface area (Å²) >= 11 is 0. The predicted molar refractivity (Wildman–Crippen MR) is 97.1 cm³/mol. The van der Waals surface area contributed by atoms with Gasteiger partial charge in [-0.25, -0.2) is 4.79 Å². The van der Waals surface area contributed by atoms with E-state index in [9.17, 15) is 4.79 Å². The maximum atomic E-state index is 12.2. The number of hydrogen-bond donors (Lipinski definition) is 0. The lowest BCUT2D eigenvalue weighted by atomic mass is 9.84. The molecule has 0 radical (unpaired) electrons. The molecule has 4 nitrogen and oxygen atoms in total. The van der Waals surface area contributed by atoms with Crippen molar-refractivity contribution in [3.63, 3.8) is 0 Å². The summed E-state index contributed by atoms with van der Waals surface area (Å²) in [7, 11) is 0. The smallest absolute Gasteiger partial charge is 0.338 e. The fourth-order valence-corrected chi connectivity index (χ4v) is 3.89. The van der Waals surface area contributed by atoms with E-state index in [0.29, 0.717) is 30.7 Å². The molecule has 1 aromatic rings. The van der Waals surface area contributed by atoms with Crippen molar-refractivity contribution in [2.24, 2.45) is 5.92 Å². The van der Waals surface area contributed by atoms with Crippen LogP contribution in [0.4, 0.5) is 0 Å². The van der Waals surface area contributed by atoms with Gasteiger partial charge in [0.1, 0.15) is 5.75 Å². The number of piperidine rings is 2. The van der Waals surface area contributed by atoms with E-state index in [-0.39, 0.29) is 18.4 Å². The Morgan fingerprint density at radius 3 is 2.62 bits per heavy atom. The molecule has 134 valence electrons. The summed E-state index contributed by atoms with van der Waals surface area (Å²) in [5, 5.41) is 0. The second-order valence-corrected chi connectivity index (χ2v) is 6.56. The number of nitrogens with zero attached hydrogens (tertiary/aromatic N) is 1. The lowest BCUT2D eigenvalue weighted by molar-refractivity contribution is 0.00739. The molecule has 2 saturated heterocycles. The Labute approximate surface area is 150 Å². The lowest BCUT2D eigenvalue weighted by Crippen LogP contribution is -2.49. The third kappa shape index (κ3) is 4.64. The van der Waals surface area contributed by atoms with E-state index in [1.807, 2.05) is 19.1 Å². The number of fused-ring (bicyclic) bond motifs is 1. The lowest BCUT2D eigenvalue weighted by Gasteiger charge is -2.44. The maximum absolute atomic E-state index is 12.2. The largest absolute Gasteiger partial charge is 0.494 e. The van der Waals surface area contributed by atoms with E-state index in [4.69, 9.17) is 9.47 Å². The van der Waals surface area contributed by atoms with Crippen LogP contribution in [-0.4, -0.2) is 43.2 Å². The summed E-state index contributed by atoms with van der Waals surface area (Å²) in [5.41, 5.74) is 0.602. The third-order valence-corrected chi connectivity index (χ3v) is 5.06. The van der Waals surface area contributed by atoms with E-state index >= 15 is 0 Å². The number of carbonyl (C=O) groups is 1. The van der Waals surface area contributed by atoms with Crippen molar-refractivity contribution < 1.29 is 14.3 Å². The predicted octanol–water partition coefficient (Wildman–Crippen LogP) is 3.93. The van der Waals surface area contributed by atoms with E-state index in [0.717, 1.165) is 5.75 Å². The highest BCUT2D eigenvalue weighted by atomic mass is 35.5. The van der Waals surface area contributed by atoms with Crippen LogP contribution >= 0.6 is 12.4 Å². The standard InChI is InChI=1S/C19H27NO3.ClH/c1-2-22-17-10-8-15(9-11-17)19(21)23-14-16-6-5-13-20-12-4-3-7-18(16)20;/h8-11,16,18H,2-7,12-14H2,1H3;1H/t16-,18+;/m1./s1. The summed E-state index contributed by atoms with van der Waals surface area (Å²) in [6, 6.07) is 7.82. The molecule has 2 heterocycles. The minimum absolute atomic E-state index is 0. The second-order valence-electron chi connectivity index (χ2n) is 6.56. The quantitative estimate of drug-likeness (QED) is 0.752. The van der Waals surface area contributed by atoms with Crippen LogP contribution in [0.5, 0.6) is 5.75 Å². The van der Waals surface area contributed by atoms with Gasteiger partial charge in [0.15, 0.2) is 0 Å². The molecule has 0 N–H and O–H groups in total. The molecule has 1 aromatic carbocycles. The van der Waals surface area contributed by atoms with E-state index < -0.39 is 0 Å². The Hall–Kier alpha value is -1.26. The molecule has 2 aliphatic heterocycles. The zero-order valence-corrected chi connectivity index (χ0v) is 15.2. The van der Waals surface area contributed by atoms with Crippen LogP contribution in [-0.2, 0) is 4.74 Å². The average Bonchev–Trinajstić information content (AvgIpc) is 2.60. The van der Waals surface area contributed by atoms with Crippen LogP contribution in [0.25, 0.3) is 0 Å². The molecule has 2 fully saturated rings. The number of esters is 1. The number of ether oxygens (including phenoxy) is 2. The van der Waals surface area contributed by atoms with Crippen LogP contribution in [0.2, 0.25) is 0 Å². The molecule has 0 aromatic heterocycles. The van der Waals surface area contributed by atoms with E-state index in [1.54, 1.807) is 12.1 Å². The Morgan fingerprint density at radius 2 is 1.88 bits per heavy atom. The van der Waals surface area contributed by atoms with Crippen molar-refractivity contribution in [1.29, 1.82) is 0 Å². The van der Waals surface area contributed by atoms with Gasteiger partial charge < -0.3 is 9.47 Å². The van der Waals surface area contributed by atoms with Crippen LogP contribution < -0.4 is 4.74 Å². The first kappa shape index (κ1) is 19.1. The second kappa shape index (κ2) is 9.28. The number of benzene rings is 1. The van der Waals surface area contributed by atoms with Crippen molar-refractivity contribution in [2.75, 3.05) is 26.3 Å². The minimum Gasteiger partial charge on any atom is -0.494 e. The Kier molecular flexibility index (Phi) is 7.38. The number of halogens is 1. The van der Waals surface area contributed by atoms with E-state index in [2.05, 4.69) is 4.90 Å². The summed E-state index contributed by atoms with van der Waals surface area (Å²) in [4.78, 5) is 14.8. The molecule has 0 amide bonds. The topological polar surface area (TPSA) is 38.8 Å². The van der Waals surface area contributed by atoms with Gasteiger partial charge in [0.2, 0.25) is 0 Å². The van der Waals surface area contributed by atoms with Gasteiger partial charge in [0.05, 0.1) is 18.8 Å². The molecule has 0 spiro atoms. The number of carbonyl (C=O) groups excluding carboxylic acids is 1. The van der Waals surface area contributed by atoms with Gasteiger partial charge >= 0.3 is 5.97 Å². The molecule has 5 heteroatoms. The summed E-state index contributed by atoms with van der Waals surface area (Å²) in [6.45, 7) is 5.56. The molecule has 0 bridgehead atoms. The first-order valence-electron chi connectivity index (χ1n) is 8.92. The molecule has 0 aliphatic carbocycles. The van der Waals surface area contributed by atoms with Gasteiger partial charge in [0, 0.05) is 12.0 Å². The zero-order valence-electron chi connectivity index (χ0n) is 14.4. The van der Waals surface area contributed by atoms with Gasteiger partial charge in [-0.15, -0.1) is 12.4 Å². The van der Waals surface area contributed by atoms with Gasteiger partial charge in [-0.05, 0) is 70.0 Å². The molecular weight excluding hydrogens is 326 g/mol. The monoisotopic (exact) mass is 353 g/mol. The normalized spacial score (nSPS) is 23.7. The molecule has 0 unspecified atom stereocenters. The molecule has 3 rings (SSSR count). The molecular formula is C19H28ClNO3. The molecule has 24 heavy (non-hydrogen) atoms. The Bertz CT molecular complexity index is 518. The van der Waals surface area contributed by atoms with Gasteiger partial charge in [0.25, 0.3) is 0 Å². The fourth-order valence-electron chi connectivity index (χ4n) is 3.89. The Balaban J connectivity index is 0.00000208. The van der Waals surface area contributed by atoms with Gasteiger partial charge in [-0.3, -0.25) is 4.90 Å². The van der Waals surface area contributed by atoms with Crippen molar-refractivity contribution in [2.45, 2.75) is 45.1 Å². The summed E-state index contributed by atoms with van der Waals surface area (Å²) in [6.07, 6.45) is 6.28. The highest BCUT2D eigenvalue weighted by Crippen LogP contribution is 2.31. The van der Waals surface area contributed by atoms with Crippen LogP contribution in [0.3, 0.4) is 0 Å². The van der Waals surface area contributed by atoms with E-state index in [1.165, 1.54) is 45.2 Å². The third-order valence-electron chi connectivity index (χ3n) is 5.06. The van der Waals surface area contributed by atoms with Crippen LogP contribution in [0.15, 0.2) is 24.3 Å². The maximum Gasteiger partial charge on any atom is 0.338 e. The first-order valence-corrected chi connectivity index (χ1v) is 8.92. The average molecular weight is 354 g/mol. The fraction of sp³-hybridized carbons (Fsp3) is 0.632. The number of rotatable bonds is 5. The minimum atomic E-state index is -0.221. The SMILES string of the molecule is CCOc1ccc(C(=O)OC[C@H]2CCCN3CCCC[C@@H]23)cc1.Cl. The summed E-state index contributed by atoms with van der Waals surface area (Å²) in [5.74, 6) is 1.06. The highest BCUT2D eigenvalue weighted by Gasteiger charge is 2.33. The molecule has 0 saturated carbocycles. The van der Waals surface area contributed by atoms with Gasteiger partial charge in [-0.1, -0.05) is 6.42 Å². The van der Waals surface area contributed by atoms with Crippen LogP contribution in [0.1, 0.15) is 49.4 Å². The van der Waals surface area contributed by atoms with Crippen molar-refractivity contribution in [3.05, 3.63) is 29.8 Å². The first-order chi connectivity index (χ1) is 11.3. The molecule has 2 aliphatic rings. The van der Waals surface area contributed by atoms with Crippen LogP contribution in [0, 0.1) is 5.92 Å². The summed E-state index contributed by atoms with van der Waals surface area (Å²) < 4.78 is 11.0. The van der Waals surface area contributed by atoms with Crippen molar-refractivity contribution in [3.8, 4) is 5.75 Å². The Morgan fingerprint density at radius 1 is 1.12 bits per heavy atom. The van der Waals surface area contributed by atoms with Gasteiger partial charge in [-0.2, -0.15) is 0 Å².